The van der Waals surface area contributed by atoms with E-state index in [9.17, 15) is 0 Å². The highest BCUT2D eigenvalue weighted by Gasteiger charge is 2.45. The van der Waals surface area contributed by atoms with Crippen molar-refractivity contribution in [2.75, 3.05) is 0 Å². The summed E-state index contributed by atoms with van der Waals surface area (Å²) in [5.41, 5.74) is 10.3. The molecule has 0 atom stereocenters. The Morgan fingerprint density at radius 1 is 0.905 bits per heavy atom. The first-order valence-electron chi connectivity index (χ1n) is 8.38. The van der Waals surface area contributed by atoms with Crippen LogP contribution in [0.1, 0.15) is 77.8 Å². The fourth-order valence-corrected chi connectivity index (χ4v) is 4.94. The van der Waals surface area contributed by atoms with Gasteiger partial charge in [-0.3, -0.25) is 0 Å². The third kappa shape index (κ3) is 4.32. The monoisotopic (exact) mass is 287 g/mol. The molecule has 1 aliphatic rings. The van der Waals surface area contributed by atoms with Crippen molar-refractivity contribution in [2.24, 2.45) is 16.6 Å². The molecule has 0 spiro atoms. The Labute approximate surface area is 131 Å². The van der Waals surface area contributed by atoms with Crippen molar-refractivity contribution in [2.45, 2.75) is 78.7 Å². The van der Waals surface area contributed by atoms with Crippen molar-refractivity contribution >= 4 is 0 Å². The Morgan fingerprint density at radius 3 is 1.81 bits per heavy atom. The van der Waals surface area contributed by atoms with E-state index in [1.807, 2.05) is 0 Å². The Balaban J connectivity index is 2.16. The topological polar surface area (TPSA) is 26.0 Å². The van der Waals surface area contributed by atoms with Gasteiger partial charge in [-0.2, -0.15) is 0 Å². The Morgan fingerprint density at radius 2 is 1.38 bits per heavy atom. The van der Waals surface area contributed by atoms with Gasteiger partial charge in [0, 0.05) is 5.54 Å². The van der Waals surface area contributed by atoms with Crippen molar-refractivity contribution in [3.8, 4) is 0 Å². The molecule has 0 bridgehead atoms. The lowest BCUT2D eigenvalue weighted by Crippen LogP contribution is -2.53. The molecule has 1 nitrogen and oxygen atoms in total. The van der Waals surface area contributed by atoms with Gasteiger partial charge in [0.05, 0.1) is 0 Å². The van der Waals surface area contributed by atoms with Gasteiger partial charge in [-0.05, 0) is 53.6 Å². The molecule has 1 aromatic carbocycles. The molecule has 1 saturated carbocycles. The highest BCUT2D eigenvalue weighted by molar-refractivity contribution is 5.26. The third-order valence-corrected chi connectivity index (χ3v) is 4.82. The molecular formula is C20H33N. The van der Waals surface area contributed by atoms with Gasteiger partial charge in [0.2, 0.25) is 0 Å². The molecule has 0 saturated heterocycles. The molecule has 118 valence electrons. The fourth-order valence-electron chi connectivity index (χ4n) is 4.94. The average Bonchev–Trinajstić information content (AvgIpc) is 2.23. The summed E-state index contributed by atoms with van der Waals surface area (Å²) in [4.78, 5) is 0. The summed E-state index contributed by atoms with van der Waals surface area (Å²) in [7, 11) is 0. The fraction of sp³-hybridized carbons (Fsp3) is 0.700. The first-order chi connectivity index (χ1) is 9.50. The number of hydrogen-bond acceptors (Lipinski definition) is 1. The lowest BCUT2D eigenvalue weighted by molar-refractivity contribution is 0.0487. The maximum Gasteiger partial charge on any atom is 0.0205 e. The largest absolute Gasteiger partial charge is 0.325 e. The molecule has 0 aliphatic heterocycles. The number of rotatable bonds is 3. The van der Waals surface area contributed by atoms with E-state index in [4.69, 9.17) is 5.73 Å². The molecule has 0 unspecified atom stereocenters. The summed E-state index contributed by atoms with van der Waals surface area (Å²) in [6.07, 6.45) is 4.51. The first-order valence-corrected chi connectivity index (χ1v) is 8.38. The zero-order valence-electron chi connectivity index (χ0n) is 14.8. The van der Waals surface area contributed by atoms with E-state index < -0.39 is 0 Å². The SMILES string of the molecule is CC(C)c1ccc(CC2(N)CC(C)(C)CC(C)(C)C2)cc1. The van der Waals surface area contributed by atoms with Gasteiger partial charge in [0.1, 0.15) is 0 Å². The van der Waals surface area contributed by atoms with E-state index >= 15 is 0 Å². The molecular weight excluding hydrogens is 254 g/mol. The van der Waals surface area contributed by atoms with E-state index in [0.717, 1.165) is 19.3 Å². The van der Waals surface area contributed by atoms with Crippen LogP contribution < -0.4 is 5.73 Å². The summed E-state index contributed by atoms with van der Waals surface area (Å²) in [5, 5.41) is 0. The molecule has 2 rings (SSSR count). The minimum Gasteiger partial charge on any atom is -0.325 e. The molecule has 1 aromatic rings. The van der Waals surface area contributed by atoms with Gasteiger partial charge in [0.25, 0.3) is 0 Å². The Bertz CT molecular complexity index is 463. The Hall–Kier alpha value is -0.820. The van der Waals surface area contributed by atoms with Crippen molar-refractivity contribution in [3.05, 3.63) is 35.4 Å². The molecule has 0 aromatic heterocycles. The van der Waals surface area contributed by atoms with E-state index in [2.05, 4.69) is 65.8 Å². The second-order valence-corrected chi connectivity index (χ2v) is 9.29. The standard InChI is InChI=1S/C20H33N/c1-15(2)17-9-7-16(8-10-17)11-20(21)13-18(3,4)12-19(5,6)14-20/h7-10,15H,11-14,21H2,1-6H3. The van der Waals surface area contributed by atoms with Gasteiger partial charge >= 0.3 is 0 Å². The van der Waals surface area contributed by atoms with Gasteiger partial charge in [-0.15, -0.1) is 0 Å². The van der Waals surface area contributed by atoms with E-state index in [0.29, 0.717) is 16.7 Å². The highest BCUT2D eigenvalue weighted by Crippen LogP contribution is 2.50. The second kappa shape index (κ2) is 5.43. The van der Waals surface area contributed by atoms with Crippen molar-refractivity contribution in [3.63, 3.8) is 0 Å². The van der Waals surface area contributed by atoms with Crippen LogP contribution in [-0.2, 0) is 6.42 Å². The Kier molecular flexibility index (Phi) is 4.28. The van der Waals surface area contributed by atoms with Crippen molar-refractivity contribution in [1.29, 1.82) is 0 Å². The summed E-state index contributed by atoms with van der Waals surface area (Å²) in [6, 6.07) is 9.09. The van der Waals surface area contributed by atoms with Crippen LogP contribution in [0, 0.1) is 10.8 Å². The maximum absolute atomic E-state index is 6.84. The van der Waals surface area contributed by atoms with E-state index in [-0.39, 0.29) is 5.54 Å². The van der Waals surface area contributed by atoms with E-state index in [1.165, 1.54) is 17.5 Å². The zero-order chi connectivity index (χ0) is 15.9. The molecule has 1 heteroatoms. The van der Waals surface area contributed by atoms with Crippen LogP contribution in [0.4, 0.5) is 0 Å². The van der Waals surface area contributed by atoms with Crippen LogP contribution in [-0.4, -0.2) is 5.54 Å². The first kappa shape index (κ1) is 16.5. The highest BCUT2D eigenvalue weighted by atomic mass is 14.8. The molecule has 2 N–H and O–H groups in total. The van der Waals surface area contributed by atoms with Crippen LogP contribution in [0.2, 0.25) is 0 Å². The summed E-state index contributed by atoms with van der Waals surface area (Å²) in [5.74, 6) is 0.596. The maximum atomic E-state index is 6.84. The summed E-state index contributed by atoms with van der Waals surface area (Å²) in [6.45, 7) is 14.0. The van der Waals surface area contributed by atoms with Crippen LogP contribution >= 0.6 is 0 Å². The average molecular weight is 287 g/mol. The summed E-state index contributed by atoms with van der Waals surface area (Å²) >= 11 is 0. The molecule has 1 fully saturated rings. The number of nitrogens with two attached hydrogens (primary N) is 1. The molecule has 21 heavy (non-hydrogen) atoms. The van der Waals surface area contributed by atoms with Gasteiger partial charge in [-0.1, -0.05) is 65.8 Å². The number of benzene rings is 1. The van der Waals surface area contributed by atoms with Gasteiger partial charge in [-0.25, -0.2) is 0 Å². The van der Waals surface area contributed by atoms with Crippen LogP contribution in [0.5, 0.6) is 0 Å². The van der Waals surface area contributed by atoms with Crippen LogP contribution in [0.3, 0.4) is 0 Å². The van der Waals surface area contributed by atoms with Crippen molar-refractivity contribution in [1.82, 2.24) is 0 Å². The smallest absolute Gasteiger partial charge is 0.0205 e. The van der Waals surface area contributed by atoms with Crippen LogP contribution in [0.15, 0.2) is 24.3 Å². The summed E-state index contributed by atoms with van der Waals surface area (Å²) < 4.78 is 0. The van der Waals surface area contributed by atoms with Crippen molar-refractivity contribution < 1.29 is 0 Å². The minimum atomic E-state index is -0.0649. The predicted octanol–water partition coefficient (Wildman–Crippen LogP) is 5.29. The molecule has 0 amide bonds. The molecule has 0 heterocycles. The predicted molar refractivity (Wildman–Crippen MR) is 92.6 cm³/mol. The normalized spacial score (nSPS) is 23.2. The third-order valence-electron chi connectivity index (χ3n) is 4.82. The lowest BCUT2D eigenvalue weighted by Gasteiger charge is -2.50. The number of hydrogen-bond donors (Lipinski definition) is 1. The zero-order valence-corrected chi connectivity index (χ0v) is 14.8. The lowest BCUT2D eigenvalue weighted by atomic mass is 9.57. The molecule has 1 aliphatic carbocycles. The second-order valence-electron chi connectivity index (χ2n) is 9.29. The molecule has 0 radical (unpaired) electrons. The van der Waals surface area contributed by atoms with Crippen LogP contribution in [0.25, 0.3) is 0 Å². The minimum absolute atomic E-state index is 0.0649. The van der Waals surface area contributed by atoms with E-state index in [1.54, 1.807) is 0 Å². The van der Waals surface area contributed by atoms with Gasteiger partial charge < -0.3 is 5.73 Å². The quantitative estimate of drug-likeness (QED) is 0.803. The van der Waals surface area contributed by atoms with Gasteiger partial charge in [0.15, 0.2) is 0 Å².